The van der Waals surface area contributed by atoms with Crippen LogP contribution in [0.5, 0.6) is 0 Å². The molecule has 2 heterocycles. The van der Waals surface area contributed by atoms with E-state index in [1.54, 1.807) is 12.3 Å². The first-order chi connectivity index (χ1) is 12.7. The molecule has 1 N–H and O–H groups in total. The Morgan fingerprint density at radius 1 is 1.30 bits per heavy atom. The highest BCUT2D eigenvalue weighted by Gasteiger charge is 2.33. The zero-order valence-electron chi connectivity index (χ0n) is 16.8. The first kappa shape index (κ1) is 19.4. The SMILES string of the molecule is CC1=CC(C)(C)N(C(C)C)c2cc(C)c(/C=N/NC(=O)c3cccs3)cc21. The van der Waals surface area contributed by atoms with E-state index in [2.05, 4.69) is 75.2 Å². The molecule has 1 amide bonds. The number of nitrogens with one attached hydrogen (secondary N) is 1. The number of hydrogen-bond donors (Lipinski definition) is 1. The van der Waals surface area contributed by atoms with E-state index in [-0.39, 0.29) is 11.4 Å². The van der Waals surface area contributed by atoms with E-state index in [0.717, 1.165) is 11.1 Å². The molecule has 142 valence electrons. The van der Waals surface area contributed by atoms with E-state index in [0.29, 0.717) is 10.9 Å². The molecule has 1 aromatic carbocycles. The van der Waals surface area contributed by atoms with Crippen molar-refractivity contribution in [1.29, 1.82) is 0 Å². The molecule has 1 aliphatic heterocycles. The molecule has 1 aliphatic rings. The fourth-order valence-corrected chi connectivity index (χ4v) is 4.53. The molecule has 0 fully saturated rings. The number of anilines is 1. The molecule has 4 nitrogen and oxygen atoms in total. The van der Waals surface area contributed by atoms with Gasteiger partial charge in [0.05, 0.1) is 16.6 Å². The van der Waals surface area contributed by atoms with Crippen LogP contribution in [0.4, 0.5) is 5.69 Å². The summed E-state index contributed by atoms with van der Waals surface area (Å²) in [4.78, 5) is 15.1. The van der Waals surface area contributed by atoms with Crippen molar-refractivity contribution >= 4 is 34.7 Å². The molecule has 0 saturated carbocycles. The number of hydrogen-bond acceptors (Lipinski definition) is 4. The number of benzene rings is 1. The Labute approximate surface area is 165 Å². The van der Waals surface area contributed by atoms with E-state index in [1.165, 1.54) is 28.2 Å². The maximum Gasteiger partial charge on any atom is 0.281 e. The number of hydrazone groups is 1. The van der Waals surface area contributed by atoms with Gasteiger partial charge >= 0.3 is 0 Å². The number of aryl methyl sites for hydroxylation is 1. The van der Waals surface area contributed by atoms with Crippen LogP contribution in [-0.4, -0.2) is 23.7 Å². The second-order valence-electron chi connectivity index (χ2n) is 7.85. The zero-order valence-corrected chi connectivity index (χ0v) is 17.6. The van der Waals surface area contributed by atoms with Gasteiger partial charge in [-0.3, -0.25) is 4.79 Å². The van der Waals surface area contributed by atoms with Crippen LogP contribution in [-0.2, 0) is 0 Å². The van der Waals surface area contributed by atoms with Crippen LogP contribution in [0.25, 0.3) is 5.57 Å². The van der Waals surface area contributed by atoms with Gasteiger partial charge in [-0.25, -0.2) is 5.43 Å². The Bertz CT molecular complexity index is 908. The highest BCUT2D eigenvalue weighted by Crippen LogP contribution is 2.41. The van der Waals surface area contributed by atoms with Gasteiger partial charge < -0.3 is 4.90 Å². The van der Waals surface area contributed by atoms with E-state index in [9.17, 15) is 4.79 Å². The van der Waals surface area contributed by atoms with E-state index < -0.39 is 0 Å². The number of amides is 1. The zero-order chi connectivity index (χ0) is 19.8. The van der Waals surface area contributed by atoms with Crippen molar-refractivity contribution in [2.45, 2.75) is 53.1 Å². The monoisotopic (exact) mass is 381 g/mol. The Morgan fingerprint density at radius 3 is 2.67 bits per heavy atom. The van der Waals surface area contributed by atoms with Gasteiger partial charge in [0.25, 0.3) is 5.91 Å². The molecule has 0 radical (unpaired) electrons. The van der Waals surface area contributed by atoms with Gasteiger partial charge in [0.1, 0.15) is 0 Å². The van der Waals surface area contributed by atoms with Crippen molar-refractivity contribution in [3.8, 4) is 0 Å². The van der Waals surface area contributed by atoms with E-state index >= 15 is 0 Å². The quantitative estimate of drug-likeness (QED) is 0.582. The fourth-order valence-electron chi connectivity index (χ4n) is 3.92. The summed E-state index contributed by atoms with van der Waals surface area (Å²) in [5.74, 6) is -0.180. The highest BCUT2D eigenvalue weighted by molar-refractivity contribution is 7.12. The van der Waals surface area contributed by atoms with Gasteiger partial charge in [0.15, 0.2) is 0 Å². The first-order valence-corrected chi connectivity index (χ1v) is 10.1. The minimum absolute atomic E-state index is 0.0258. The number of nitrogens with zero attached hydrogens (tertiary/aromatic N) is 2. The standard InChI is InChI=1S/C22H27N3OS/c1-14(2)25-19-10-15(3)17(11-18(19)16(4)12-22(25,5)6)13-23-24-21(26)20-8-7-9-27-20/h7-14H,1-6H3,(H,24,26)/b23-13+. The molecular weight excluding hydrogens is 354 g/mol. The smallest absolute Gasteiger partial charge is 0.281 e. The summed E-state index contributed by atoms with van der Waals surface area (Å²) in [7, 11) is 0. The summed E-state index contributed by atoms with van der Waals surface area (Å²) in [6.45, 7) is 13.2. The van der Waals surface area contributed by atoms with E-state index in [4.69, 9.17) is 0 Å². The maximum atomic E-state index is 12.0. The van der Waals surface area contributed by atoms with Crippen LogP contribution in [0.1, 0.15) is 61.0 Å². The average molecular weight is 382 g/mol. The summed E-state index contributed by atoms with van der Waals surface area (Å²) >= 11 is 1.40. The lowest BCUT2D eigenvalue weighted by Crippen LogP contribution is -2.49. The number of fused-ring (bicyclic) bond motifs is 1. The number of carbonyl (C=O) groups is 1. The minimum Gasteiger partial charge on any atom is -0.360 e. The topological polar surface area (TPSA) is 44.7 Å². The normalized spacial score (nSPS) is 15.8. The van der Waals surface area contributed by atoms with Crippen LogP contribution in [0, 0.1) is 6.92 Å². The summed E-state index contributed by atoms with van der Waals surface area (Å²) in [6.07, 6.45) is 4.05. The number of thiophene rings is 1. The first-order valence-electron chi connectivity index (χ1n) is 9.21. The third kappa shape index (κ3) is 3.83. The molecule has 0 bridgehead atoms. The molecular formula is C22H27N3OS. The van der Waals surface area contributed by atoms with E-state index in [1.807, 2.05) is 11.4 Å². The number of allylic oxidation sites excluding steroid dienone is 1. The van der Waals surface area contributed by atoms with Crippen LogP contribution in [0.3, 0.4) is 0 Å². The number of rotatable bonds is 4. The molecule has 2 aromatic rings. The molecule has 0 saturated heterocycles. The van der Waals surface area contributed by atoms with Crippen molar-refractivity contribution in [2.24, 2.45) is 5.10 Å². The lowest BCUT2D eigenvalue weighted by atomic mass is 9.86. The van der Waals surface area contributed by atoms with Crippen molar-refractivity contribution in [2.75, 3.05) is 4.90 Å². The average Bonchev–Trinajstić information content (AvgIpc) is 3.09. The van der Waals surface area contributed by atoms with Gasteiger partial charge in [-0.15, -0.1) is 11.3 Å². The van der Waals surface area contributed by atoms with Crippen LogP contribution in [0.2, 0.25) is 0 Å². The molecule has 3 rings (SSSR count). The molecule has 1 aromatic heterocycles. The Morgan fingerprint density at radius 2 is 2.04 bits per heavy atom. The van der Waals surface area contributed by atoms with Crippen molar-refractivity contribution in [3.63, 3.8) is 0 Å². The molecule has 0 aliphatic carbocycles. The second kappa shape index (κ2) is 7.31. The number of carbonyl (C=O) groups excluding carboxylic acids is 1. The van der Waals surface area contributed by atoms with Crippen molar-refractivity contribution < 1.29 is 4.79 Å². The predicted octanol–water partition coefficient (Wildman–Crippen LogP) is 5.23. The Hall–Kier alpha value is -2.40. The largest absolute Gasteiger partial charge is 0.360 e. The third-order valence-corrected chi connectivity index (χ3v) is 5.76. The summed E-state index contributed by atoms with van der Waals surface area (Å²) < 4.78 is 0. The lowest BCUT2D eigenvalue weighted by Gasteiger charge is -2.46. The van der Waals surface area contributed by atoms with Gasteiger partial charge in [-0.1, -0.05) is 12.1 Å². The summed E-state index contributed by atoms with van der Waals surface area (Å²) in [5, 5.41) is 6.04. The molecule has 0 unspecified atom stereocenters. The molecule has 0 spiro atoms. The fraction of sp³-hybridized carbons (Fsp3) is 0.364. The molecule has 0 atom stereocenters. The Kier molecular flexibility index (Phi) is 5.24. The molecule has 27 heavy (non-hydrogen) atoms. The molecule has 5 heteroatoms. The van der Waals surface area contributed by atoms with Gasteiger partial charge in [-0.05, 0) is 81.8 Å². The summed E-state index contributed by atoms with van der Waals surface area (Å²) in [6, 6.07) is 8.44. The third-order valence-electron chi connectivity index (χ3n) is 4.89. The van der Waals surface area contributed by atoms with Crippen LogP contribution < -0.4 is 10.3 Å². The van der Waals surface area contributed by atoms with Gasteiger partial charge in [-0.2, -0.15) is 5.10 Å². The second-order valence-corrected chi connectivity index (χ2v) is 8.79. The minimum atomic E-state index is -0.180. The lowest BCUT2D eigenvalue weighted by molar-refractivity contribution is 0.0959. The van der Waals surface area contributed by atoms with Crippen molar-refractivity contribution in [3.05, 3.63) is 57.3 Å². The van der Waals surface area contributed by atoms with Gasteiger partial charge in [0, 0.05) is 17.3 Å². The van der Waals surface area contributed by atoms with Gasteiger partial charge in [0.2, 0.25) is 0 Å². The predicted molar refractivity (Wildman–Crippen MR) is 116 cm³/mol. The maximum absolute atomic E-state index is 12.0. The summed E-state index contributed by atoms with van der Waals surface area (Å²) in [5.41, 5.74) is 8.48. The van der Waals surface area contributed by atoms with Crippen LogP contribution in [0.15, 0.2) is 40.8 Å². The van der Waals surface area contributed by atoms with Crippen LogP contribution >= 0.6 is 11.3 Å². The Balaban J connectivity index is 1.91. The van der Waals surface area contributed by atoms with Crippen molar-refractivity contribution in [1.82, 2.24) is 5.43 Å². The highest BCUT2D eigenvalue weighted by atomic mass is 32.1.